The van der Waals surface area contributed by atoms with E-state index in [0.717, 1.165) is 29.6 Å². The standard InChI is InChI=1S/C12H19BrNO2PS/c1-3-9-17(10-4-2)14-18(15,16)12-7-5-11(13)6-8-12/h5-8,14H,3-4,9-10H2,1-2H3. The van der Waals surface area contributed by atoms with Crippen LogP contribution in [-0.4, -0.2) is 20.7 Å². The lowest BCUT2D eigenvalue weighted by molar-refractivity contribution is 0.594. The van der Waals surface area contributed by atoms with Crippen molar-refractivity contribution < 1.29 is 8.42 Å². The van der Waals surface area contributed by atoms with E-state index in [1.165, 1.54) is 0 Å². The monoisotopic (exact) mass is 351 g/mol. The zero-order valence-electron chi connectivity index (χ0n) is 10.7. The first-order valence-electron chi connectivity index (χ1n) is 6.02. The summed E-state index contributed by atoms with van der Waals surface area (Å²) in [5.74, 6) is 0. The van der Waals surface area contributed by atoms with Crippen molar-refractivity contribution in [1.29, 1.82) is 0 Å². The Morgan fingerprint density at radius 2 is 1.61 bits per heavy atom. The van der Waals surface area contributed by atoms with Gasteiger partial charge in [-0.15, -0.1) is 0 Å². The van der Waals surface area contributed by atoms with Gasteiger partial charge in [0, 0.05) is 4.47 Å². The molecule has 0 fully saturated rings. The number of sulfonamides is 1. The van der Waals surface area contributed by atoms with Gasteiger partial charge in [-0.3, -0.25) is 0 Å². The number of hydrogen-bond acceptors (Lipinski definition) is 2. The first-order valence-corrected chi connectivity index (χ1v) is 10.0. The quantitative estimate of drug-likeness (QED) is 0.756. The second kappa shape index (κ2) is 7.59. The van der Waals surface area contributed by atoms with Crippen LogP contribution in [0.2, 0.25) is 0 Å². The van der Waals surface area contributed by atoms with Crippen LogP contribution in [-0.2, 0) is 10.0 Å². The average Bonchev–Trinajstić information content (AvgIpc) is 2.29. The first kappa shape index (κ1) is 16.1. The molecule has 0 saturated heterocycles. The molecule has 1 rings (SSSR count). The van der Waals surface area contributed by atoms with E-state index in [1.54, 1.807) is 24.3 Å². The van der Waals surface area contributed by atoms with Crippen molar-refractivity contribution in [3.8, 4) is 0 Å². The summed E-state index contributed by atoms with van der Waals surface area (Å²) in [7, 11) is -3.99. The zero-order chi connectivity index (χ0) is 13.6. The molecule has 6 heteroatoms. The van der Waals surface area contributed by atoms with E-state index in [4.69, 9.17) is 0 Å². The predicted molar refractivity (Wildman–Crippen MR) is 81.7 cm³/mol. The maximum absolute atomic E-state index is 12.2. The van der Waals surface area contributed by atoms with Gasteiger partial charge in [0.2, 0.25) is 10.0 Å². The lowest BCUT2D eigenvalue weighted by Gasteiger charge is -2.17. The lowest BCUT2D eigenvalue weighted by Crippen LogP contribution is -2.21. The highest BCUT2D eigenvalue weighted by molar-refractivity contribution is 9.10. The van der Waals surface area contributed by atoms with Gasteiger partial charge in [-0.25, -0.2) is 8.42 Å². The highest BCUT2D eigenvalue weighted by atomic mass is 79.9. The average molecular weight is 352 g/mol. The largest absolute Gasteiger partial charge is 0.243 e. The minimum absolute atomic E-state index is 0.338. The van der Waals surface area contributed by atoms with Crippen molar-refractivity contribution in [3.63, 3.8) is 0 Å². The van der Waals surface area contributed by atoms with Crippen LogP contribution < -0.4 is 4.49 Å². The van der Waals surface area contributed by atoms with Crippen LogP contribution in [0, 0.1) is 0 Å². The predicted octanol–water partition coefficient (Wildman–Crippen LogP) is 3.94. The summed E-state index contributed by atoms with van der Waals surface area (Å²) in [5, 5.41) is 0. The van der Waals surface area contributed by atoms with Gasteiger partial charge >= 0.3 is 0 Å². The molecule has 102 valence electrons. The minimum Gasteiger partial charge on any atom is -0.207 e. The molecule has 0 amide bonds. The number of benzene rings is 1. The van der Waals surface area contributed by atoms with Crippen molar-refractivity contribution >= 4 is 34.0 Å². The number of hydrogen-bond donors (Lipinski definition) is 1. The Balaban J connectivity index is 2.82. The summed E-state index contributed by atoms with van der Waals surface area (Å²) in [6, 6.07) is 6.74. The summed E-state index contributed by atoms with van der Waals surface area (Å²) >= 11 is 3.30. The molecular weight excluding hydrogens is 333 g/mol. The van der Waals surface area contributed by atoms with Crippen molar-refractivity contribution in [3.05, 3.63) is 28.7 Å². The van der Waals surface area contributed by atoms with Crippen molar-refractivity contribution in [2.45, 2.75) is 31.6 Å². The van der Waals surface area contributed by atoms with Crippen LogP contribution in [0.3, 0.4) is 0 Å². The highest BCUT2D eigenvalue weighted by Gasteiger charge is 2.18. The molecule has 0 unspecified atom stereocenters. The molecule has 0 atom stereocenters. The SMILES string of the molecule is CCCP(CCC)NS(=O)(=O)c1ccc(Br)cc1. The number of nitrogens with one attached hydrogen (secondary N) is 1. The molecule has 18 heavy (non-hydrogen) atoms. The third-order valence-corrected chi connectivity index (χ3v) is 7.75. The second-order valence-corrected chi connectivity index (χ2v) is 9.13. The third kappa shape index (κ3) is 4.96. The van der Waals surface area contributed by atoms with Gasteiger partial charge in [0.15, 0.2) is 0 Å². The molecule has 1 aromatic carbocycles. The van der Waals surface area contributed by atoms with Gasteiger partial charge in [-0.2, -0.15) is 4.49 Å². The topological polar surface area (TPSA) is 46.2 Å². The molecule has 0 bridgehead atoms. The first-order chi connectivity index (χ1) is 8.49. The number of halogens is 1. The normalized spacial score (nSPS) is 12.0. The molecule has 0 aliphatic rings. The Bertz CT molecular complexity index is 455. The van der Waals surface area contributed by atoms with Crippen molar-refractivity contribution in [2.24, 2.45) is 0 Å². The van der Waals surface area contributed by atoms with Gasteiger partial charge < -0.3 is 0 Å². The van der Waals surface area contributed by atoms with Gasteiger partial charge in [0.1, 0.15) is 0 Å². The molecule has 0 saturated carbocycles. The van der Waals surface area contributed by atoms with Crippen molar-refractivity contribution in [2.75, 3.05) is 12.3 Å². The molecule has 0 heterocycles. The Labute approximate surface area is 119 Å². The molecule has 0 aromatic heterocycles. The van der Waals surface area contributed by atoms with Gasteiger partial charge in [-0.05, 0) is 44.7 Å². The fourth-order valence-electron chi connectivity index (χ4n) is 1.58. The number of rotatable bonds is 7. The molecule has 0 aliphatic carbocycles. The second-order valence-electron chi connectivity index (χ2n) is 4.04. The van der Waals surface area contributed by atoms with E-state index in [1.807, 2.05) is 0 Å². The smallest absolute Gasteiger partial charge is 0.207 e. The zero-order valence-corrected chi connectivity index (χ0v) is 14.0. The third-order valence-electron chi connectivity index (χ3n) is 2.36. The van der Waals surface area contributed by atoms with Gasteiger partial charge in [-0.1, -0.05) is 42.6 Å². The maximum atomic E-state index is 12.2. The van der Waals surface area contributed by atoms with E-state index in [2.05, 4.69) is 34.3 Å². The molecule has 0 spiro atoms. The molecule has 1 N–H and O–H groups in total. The Kier molecular flexibility index (Phi) is 6.78. The van der Waals surface area contributed by atoms with Crippen LogP contribution in [0.4, 0.5) is 0 Å². The van der Waals surface area contributed by atoms with E-state index in [-0.39, 0.29) is 0 Å². The minimum atomic E-state index is -3.36. The molecule has 3 nitrogen and oxygen atoms in total. The van der Waals surface area contributed by atoms with Crippen LogP contribution in [0.1, 0.15) is 26.7 Å². The van der Waals surface area contributed by atoms with E-state index < -0.39 is 18.1 Å². The summed E-state index contributed by atoms with van der Waals surface area (Å²) < 4.78 is 28.1. The molecular formula is C12H19BrNO2PS. The Morgan fingerprint density at radius 3 is 2.06 bits per heavy atom. The van der Waals surface area contributed by atoms with Gasteiger partial charge in [0.25, 0.3) is 0 Å². The molecule has 0 radical (unpaired) electrons. The molecule has 0 aliphatic heterocycles. The summed E-state index contributed by atoms with van der Waals surface area (Å²) in [6.07, 6.45) is 3.90. The lowest BCUT2D eigenvalue weighted by atomic mass is 10.4. The maximum Gasteiger partial charge on any atom is 0.243 e. The van der Waals surface area contributed by atoms with Crippen LogP contribution in [0.5, 0.6) is 0 Å². The Morgan fingerprint density at radius 1 is 1.11 bits per heavy atom. The fourth-order valence-corrected chi connectivity index (χ4v) is 6.15. The fraction of sp³-hybridized carbons (Fsp3) is 0.500. The van der Waals surface area contributed by atoms with Crippen LogP contribution in [0.25, 0.3) is 0 Å². The summed E-state index contributed by atoms with van der Waals surface area (Å²) in [6.45, 7) is 4.16. The molecule has 1 aromatic rings. The van der Waals surface area contributed by atoms with Gasteiger partial charge in [0.05, 0.1) is 4.90 Å². The highest BCUT2D eigenvalue weighted by Crippen LogP contribution is 2.34. The summed E-state index contributed by atoms with van der Waals surface area (Å²) in [4.78, 5) is 0.338. The summed E-state index contributed by atoms with van der Waals surface area (Å²) in [5.41, 5.74) is 0. The van der Waals surface area contributed by atoms with Crippen LogP contribution >= 0.6 is 24.0 Å². The van der Waals surface area contributed by atoms with E-state index >= 15 is 0 Å². The van der Waals surface area contributed by atoms with E-state index in [9.17, 15) is 8.42 Å². The van der Waals surface area contributed by atoms with Crippen LogP contribution in [0.15, 0.2) is 33.6 Å². The van der Waals surface area contributed by atoms with Crippen molar-refractivity contribution in [1.82, 2.24) is 4.49 Å². The Hall–Kier alpha value is 0.0400. The van der Waals surface area contributed by atoms with E-state index in [0.29, 0.717) is 4.90 Å².